The molecule has 2 aromatic rings. The van der Waals surface area contributed by atoms with E-state index in [2.05, 4.69) is 5.32 Å². The molecule has 1 aliphatic heterocycles. The second kappa shape index (κ2) is 8.51. The first-order valence-corrected chi connectivity index (χ1v) is 10.1. The summed E-state index contributed by atoms with van der Waals surface area (Å²) >= 11 is 11.7. The van der Waals surface area contributed by atoms with Gasteiger partial charge in [-0.25, -0.2) is 0 Å². The van der Waals surface area contributed by atoms with Crippen molar-refractivity contribution in [2.75, 3.05) is 26.3 Å². The van der Waals surface area contributed by atoms with E-state index in [1.165, 1.54) is 0 Å². The van der Waals surface area contributed by atoms with Crippen molar-refractivity contribution in [3.05, 3.63) is 58.6 Å². The number of nitrogens with one attached hydrogen (secondary N) is 1. The molecule has 29 heavy (non-hydrogen) atoms. The van der Waals surface area contributed by atoms with E-state index >= 15 is 0 Å². The number of hydrogen-bond acceptors (Lipinski definition) is 4. The highest BCUT2D eigenvalue weighted by Gasteiger charge is 2.57. The number of ether oxygens (including phenoxy) is 2. The molecule has 1 saturated carbocycles. The Hall–Kier alpha value is -2.44. The molecule has 1 saturated heterocycles. The molecule has 0 radical (unpaired) electrons. The minimum Gasteiger partial charge on any atom is -0.484 e. The molecule has 8 heteroatoms. The predicted octanol–water partition coefficient (Wildman–Crippen LogP) is 3.02. The molecule has 2 aliphatic rings. The minimum absolute atomic E-state index is 0.00691. The molecule has 2 amide bonds. The van der Waals surface area contributed by atoms with Crippen molar-refractivity contribution in [2.24, 2.45) is 11.8 Å². The Morgan fingerprint density at radius 3 is 1.86 bits per heavy atom. The Kier molecular flexibility index (Phi) is 5.83. The molecule has 6 nitrogen and oxygen atoms in total. The largest absolute Gasteiger partial charge is 0.484 e. The van der Waals surface area contributed by atoms with E-state index in [9.17, 15) is 9.59 Å². The fourth-order valence-corrected chi connectivity index (χ4v) is 3.87. The van der Waals surface area contributed by atoms with Crippen LogP contribution in [-0.2, 0) is 9.59 Å². The number of nitrogens with zero attached hydrogens (tertiary/aromatic N) is 1. The van der Waals surface area contributed by atoms with Crippen LogP contribution in [0.5, 0.6) is 11.5 Å². The summed E-state index contributed by atoms with van der Waals surface area (Å²) in [7, 11) is 0. The van der Waals surface area contributed by atoms with E-state index in [1.807, 2.05) is 0 Å². The Morgan fingerprint density at radius 1 is 0.862 bits per heavy atom. The van der Waals surface area contributed by atoms with Gasteiger partial charge in [0, 0.05) is 41.0 Å². The van der Waals surface area contributed by atoms with Gasteiger partial charge in [0.2, 0.25) is 0 Å². The number of benzene rings is 2. The number of carbonyl (C=O) groups excluding carboxylic acids is 2. The van der Waals surface area contributed by atoms with Crippen molar-refractivity contribution in [2.45, 2.75) is 6.04 Å². The summed E-state index contributed by atoms with van der Waals surface area (Å²) in [4.78, 5) is 26.2. The maximum Gasteiger partial charge on any atom is 0.260 e. The van der Waals surface area contributed by atoms with Crippen molar-refractivity contribution in [1.29, 1.82) is 0 Å². The van der Waals surface area contributed by atoms with E-state index < -0.39 is 0 Å². The lowest BCUT2D eigenvalue weighted by Crippen LogP contribution is -2.40. The Balaban J connectivity index is 1.16. The SMILES string of the molecule is O=C(COc1ccc(Cl)cc1)NC1C2CN(C(=O)COc3ccc(Cl)cc3)CC21. The minimum atomic E-state index is -0.164. The highest BCUT2D eigenvalue weighted by molar-refractivity contribution is 6.30. The summed E-state index contributed by atoms with van der Waals surface area (Å²) in [6.45, 7) is 1.22. The molecule has 0 spiro atoms. The lowest BCUT2D eigenvalue weighted by atomic mass is 10.3. The van der Waals surface area contributed by atoms with Gasteiger partial charge in [-0.2, -0.15) is 0 Å². The number of halogens is 2. The first-order chi connectivity index (χ1) is 14.0. The lowest BCUT2D eigenvalue weighted by Gasteiger charge is -2.20. The van der Waals surface area contributed by atoms with Gasteiger partial charge in [-0.15, -0.1) is 0 Å². The molecule has 1 heterocycles. The van der Waals surface area contributed by atoms with E-state index in [0.717, 1.165) is 0 Å². The molecule has 2 aromatic carbocycles. The monoisotopic (exact) mass is 434 g/mol. The van der Waals surface area contributed by atoms with Gasteiger partial charge in [-0.05, 0) is 48.5 Å². The number of fused-ring (bicyclic) bond motifs is 1. The first-order valence-electron chi connectivity index (χ1n) is 9.33. The third-order valence-corrected chi connectivity index (χ3v) is 5.74. The van der Waals surface area contributed by atoms with Crippen LogP contribution in [0.4, 0.5) is 0 Å². The molecule has 0 bridgehead atoms. The molecule has 2 atom stereocenters. The summed E-state index contributed by atoms with van der Waals surface area (Å²) in [5, 5.41) is 4.22. The van der Waals surface area contributed by atoms with Gasteiger partial charge in [0.15, 0.2) is 13.2 Å². The molecule has 0 aromatic heterocycles. The topological polar surface area (TPSA) is 67.9 Å². The Labute approximate surface area is 178 Å². The van der Waals surface area contributed by atoms with Crippen molar-refractivity contribution >= 4 is 35.0 Å². The van der Waals surface area contributed by atoms with Crippen molar-refractivity contribution in [3.63, 3.8) is 0 Å². The van der Waals surface area contributed by atoms with E-state index in [-0.39, 0.29) is 31.1 Å². The highest BCUT2D eigenvalue weighted by Crippen LogP contribution is 2.45. The second-order valence-corrected chi connectivity index (χ2v) is 8.08. The maximum absolute atomic E-state index is 12.3. The molecule has 2 fully saturated rings. The fourth-order valence-electron chi connectivity index (χ4n) is 3.62. The van der Waals surface area contributed by atoms with E-state index in [4.69, 9.17) is 32.7 Å². The molecular formula is C21H20Cl2N2O4. The number of likely N-dealkylation sites (tertiary alicyclic amines) is 1. The molecule has 2 unspecified atom stereocenters. The first kappa shape index (κ1) is 19.9. The van der Waals surface area contributed by atoms with Gasteiger partial charge in [0.05, 0.1) is 0 Å². The maximum atomic E-state index is 12.3. The summed E-state index contributed by atoms with van der Waals surface area (Å²) < 4.78 is 11.0. The fraction of sp³-hybridized carbons (Fsp3) is 0.333. The smallest absolute Gasteiger partial charge is 0.260 e. The van der Waals surface area contributed by atoms with Gasteiger partial charge < -0.3 is 19.7 Å². The summed E-state index contributed by atoms with van der Waals surface area (Å²) in [5.74, 6) is 1.59. The third kappa shape index (κ3) is 4.95. The van der Waals surface area contributed by atoms with Crippen LogP contribution in [0.3, 0.4) is 0 Å². The average Bonchev–Trinajstić information content (AvgIpc) is 3.14. The van der Waals surface area contributed by atoms with E-state index in [1.54, 1.807) is 53.4 Å². The third-order valence-electron chi connectivity index (χ3n) is 5.23. The zero-order valence-corrected chi connectivity index (χ0v) is 17.0. The average molecular weight is 435 g/mol. The molecule has 1 N–H and O–H groups in total. The van der Waals surface area contributed by atoms with Gasteiger partial charge in [-0.1, -0.05) is 23.2 Å². The van der Waals surface area contributed by atoms with Crippen molar-refractivity contribution in [1.82, 2.24) is 10.2 Å². The van der Waals surface area contributed by atoms with Crippen LogP contribution in [0.25, 0.3) is 0 Å². The molecular weight excluding hydrogens is 415 g/mol. The summed E-state index contributed by atoms with van der Waals surface area (Å²) in [5.41, 5.74) is 0. The lowest BCUT2D eigenvalue weighted by molar-refractivity contribution is -0.132. The number of carbonyl (C=O) groups is 2. The summed E-state index contributed by atoms with van der Waals surface area (Å²) in [6, 6.07) is 13.9. The Morgan fingerprint density at radius 2 is 1.34 bits per heavy atom. The van der Waals surface area contributed by atoms with Crippen LogP contribution in [0, 0.1) is 11.8 Å². The van der Waals surface area contributed by atoms with Crippen LogP contribution in [-0.4, -0.2) is 49.1 Å². The quantitative estimate of drug-likeness (QED) is 0.726. The van der Waals surface area contributed by atoms with Gasteiger partial charge in [0.25, 0.3) is 11.8 Å². The van der Waals surface area contributed by atoms with Crippen LogP contribution in [0.2, 0.25) is 10.0 Å². The molecule has 152 valence electrons. The zero-order valence-electron chi connectivity index (χ0n) is 15.5. The van der Waals surface area contributed by atoms with Gasteiger partial charge in [-0.3, -0.25) is 9.59 Å². The molecule has 4 rings (SSSR count). The zero-order chi connectivity index (χ0) is 20.4. The number of piperidine rings is 1. The van der Waals surface area contributed by atoms with Gasteiger partial charge in [0.1, 0.15) is 11.5 Å². The van der Waals surface area contributed by atoms with Crippen LogP contribution >= 0.6 is 23.2 Å². The second-order valence-electron chi connectivity index (χ2n) is 7.20. The Bertz CT molecular complexity index is 877. The number of amides is 2. The van der Waals surface area contributed by atoms with Gasteiger partial charge >= 0.3 is 0 Å². The standard InChI is InChI=1S/C21H20Cl2N2O4/c22-13-1-5-15(6-2-13)28-11-19(26)24-21-17-9-25(10-18(17)21)20(27)12-29-16-7-3-14(23)4-8-16/h1-8,17-18,21H,9-12H2,(H,24,26). The highest BCUT2D eigenvalue weighted by atomic mass is 35.5. The van der Waals surface area contributed by atoms with Crippen LogP contribution < -0.4 is 14.8 Å². The number of rotatable bonds is 7. The van der Waals surface area contributed by atoms with Crippen molar-refractivity contribution in [3.8, 4) is 11.5 Å². The van der Waals surface area contributed by atoms with E-state index in [0.29, 0.717) is 46.5 Å². The predicted molar refractivity (Wildman–Crippen MR) is 109 cm³/mol. The number of hydrogen-bond donors (Lipinski definition) is 1. The summed E-state index contributed by atoms with van der Waals surface area (Å²) in [6.07, 6.45) is 0. The molecule has 1 aliphatic carbocycles. The van der Waals surface area contributed by atoms with Crippen LogP contribution in [0.1, 0.15) is 0 Å². The van der Waals surface area contributed by atoms with Crippen LogP contribution in [0.15, 0.2) is 48.5 Å². The normalized spacial score (nSPS) is 22.0. The van der Waals surface area contributed by atoms with Crippen molar-refractivity contribution < 1.29 is 19.1 Å².